The first-order valence-electron chi connectivity index (χ1n) is 6.75. The zero-order valence-electron chi connectivity index (χ0n) is 13.1. The maximum Gasteiger partial charge on any atom is 0.148 e. The Morgan fingerprint density at radius 1 is 0.944 bits per heavy atom. The average Bonchev–Trinajstić information content (AvgIpc) is 2.21. The predicted octanol–water partition coefficient (Wildman–Crippen LogP) is -6.37. The molecule has 0 N–H and O–H groups in total. The second kappa shape index (κ2) is 4.09. The first kappa shape index (κ1) is 15.7. The van der Waals surface area contributed by atoms with Crippen molar-refractivity contribution in [2.24, 2.45) is 5.92 Å². The van der Waals surface area contributed by atoms with Crippen LogP contribution in [0.4, 0.5) is 0 Å². The van der Waals surface area contributed by atoms with Gasteiger partial charge in [0, 0.05) is 5.92 Å². The molecule has 0 aliphatic heterocycles. The Morgan fingerprint density at radius 3 is 1.56 bits per heavy atom. The van der Waals surface area contributed by atoms with E-state index >= 15 is 0 Å². The van der Waals surface area contributed by atoms with E-state index in [4.69, 9.17) is 5.26 Å². The van der Waals surface area contributed by atoms with Gasteiger partial charge in [0.25, 0.3) is 0 Å². The number of hydrogen-bond donors (Lipinski definition) is 0. The molecule has 0 radical (unpaired) electrons. The number of carbonyl (C=O) groups excluding carboxylic acids is 1. The minimum Gasteiger partial charge on any atom is -0.298 e. The molecule has 18 heavy (non-hydrogen) atoms. The lowest BCUT2D eigenvalue weighted by atomic mass is 9.17. The molecule has 0 unspecified atom stereocenters. The zero-order valence-corrected chi connectivity index (χ0v) is 13.1. The number of carbonyl (C=O) groups is 1. The monoisotopic (exact) mass is 233 g/mol. The van der Waals surface area contributed by atoms with Crippen LogP contribution in [-0.2, 0) is 4.79 Å². The third-order valence-electron chi connectivity index (χ3n) is 6.80. The highest BCUT2D eigenvalue weighted by Crippen LogP contribution is 2.78. The van der Waals surface area contributed by atoms with Crippen LogP contribution in [0.5, 0.6) is 0 Å². The van der Waals surface area contributed by atoms with Gasteiger partial charge in [0.2, 0.25) is 0 Å². The van der Waals surface area contributed by atoms with E-state index in [1.54, 1.807) is 0 Å². The molecular weight excluding hydrogens is 213 g/mol. The first-order chi connectivity index (χ1) is 7.85. The summed E-state index contributed by atoms with van der Waals surface area (Å²) in [6.07, 6.45) is 0.0314. The van der Waals surface area contributed by atoms with E-state index in [0.717, 1.165) is 0 Å². The minimum absolute atomic E-state index is 0.0314. The van der Waals surface area contributed by atoms with Gasteiger partial charge in [-0.2, -0.15) is 5.26 Å². The van der Waals surface area contributed by atoms with E-state index in [1.807, 2.05) is 6.07 Å². The van der Waals surface area contributed by atoms with Gasteiger partial charge in [0.05, 0.1) is 75.3 Å². The number of hydrogen-bond acceptors (Lipinski definition) is 2. The van der Waals surface area contributed by atoms with Crippen LogP contribution in [0.25, 0.3) is 0 Å². The molecule has 0 aromatic heterocycles. The van der Waals surface area contributed by atoms with Gasteiger partial charge in [-0.05, 0) is 0 Å². The zero-order chi connectivity index (χ0) is 14.6. The summed E-state index contributed by atoms with van der Waals surface area (Å²) in [4.78, 5) is 12.4. The molecule has 0 amide bonds. The molecule has 86 valence electrons. The summed E-state index contributed by atoms with van der Waals surface area (Å²) in [6.45, 7) is 0. The normalized spacial score (nSPS) is 27.3. The molecule has 1 rings (SSSR count). The van der Waals surface area contributed by atoms with Crippen molar-refractivity contribution in [1.29, 1.82) is 5.26 Å². The quantitative estimate of drug-likeness (QED) is 0.444. The van der Waals surface area contributed by atoms with Gasteiger partial charge < -0.3 is 0 Å². The molecule has 2 nitrogen and oxygen atoms in total. The van der Waals surface area contributed by atoms with Gasteiger partial charge in [-0.15, -0.1) is 10.4 Å². The molecule has 0 atom stereocenters. The van der Waals surface area contributed by atoms with Gasteiger partial charge in [-0.1, -0.05) is 10.4 Å². The summed E-state index contributed by atoms with van der Waals surface area (Å²) >= 11 is 0. The maximum atomic E-state index is 12.4. The second-order valence-corrected chi connectivity index (χ2v) is 7.93. The predicted molar refractivity (Wildman–Crippen MR) is 97.9 cm³/mol. The molecule has 0 aromatic carbocycles. The minimum atomic E-state index is -0.103. The Bertz CT molecular complexity index is 397. The standard InChI is InChI=1S/C8H19B8NO/c9-5(10)4(3(18)1-2-17)6(11,12)8(15,16)7(5,13)14/h4H,1,9-16H2. The molecule has 0 spiro atoms. The average molecular weight is 232 g/mol. The molecular formula is C8H19B8NO. The fourth-order valence-electron chi connectivity index (χ4n) is 4.22. The molecule has 10 heteroatoms. The van der Waals surface area contributed by atoms with Gasteiger partial charge in [-0.25, -0.2) is 0 Å². The number of nitriles is 1. The number of nitrogens with zero attached hydrogens (tertiary/aromatic N) is 1. The molecule has 0 heterocycles. The van der Waals surface area contributed by atoms with E-state index in [1.165, 1.54) is 0 Å². The van der Waals surface area contributed by atoms with Gasteiger partial charge in [0.1, 0.15) is 5.78 Å². The van der Waals surface area contributed by atoms with Gasteiger partial charge in [-0.3, -0.25) is 4.79 Å². The first-order valence-corrected chi connectivity index (χ1v) is 6.75. The molecule has 0 aromatic rings. The maximum absolute atomic E-state index is 12.4. The van der Waals surface area contributed by atoms with Crippen LogP contribution in [0.2, 0.25) is 20.9 Å². The Morgan fingerprint density at radius 2 is 1.28 bits per heavy atom. The molecule has 1 saturated carbocycles. The van der Waals surface area contributed by atoms with Gasteiger partial charge >= 0.3 is 0 Å². The van der Waals surface area contributed by atoms with Crippen LogP contribution < -0.4 is 0 Å². The van der Waals surface area contributed by atoms with Crippen molar-refractivity contribution in [1.82, 2.24) is 0 Å². The van der Waals surface area contributed by atoms with E-state index in [-0.39, 0.29) is 39.0 Å². The highest BCUT2D eigenvalue weighted by molar-refractivity contribution is 6.69. The number of rotatable bonds is 2. The van der Waals surface area contributed by atoms with Crippen LogP contribution in [0.1, 0.15) is 6.42 Å². The van der Waals surface area contributed by atoms with E-state index in [0.29, 0.717) is 0 Å². The molecule has 1 fully saturated rings. The van der Waals surface area contributed by atoms with E-state index in [2.05, 4.69) is 62.8 Å². The Labute approximate surface area is 118 Å². The molecule has 1 aliphatic rings. The molecule has 0 saturated heterocycles. The highest BCUT2D eigenvalue weighted by Gasteiger charge is 2.67. The SMILES string of the molecule is BC1(B)C(C(=O)CC#N)C(B)(B)C(B)(B)C1(B)B. The third kappa shape index (κ3) is 1.62. The van der Waals surface area contributed by atoms with Crippen LogP contribution in [0, 0.1) is 17.2 Å². The van der Waals surface area contributed by atoms with Crippen molar-refractivity contribution in [3.63, 3.8) is 0 Å². The van der Waals surface area contributed by atoms with Crippen molar-refractivity contribution in [3.05, 3.63) is 0 Å². The van der Waals surface area contributed by atoms with Crippen molar-refractivity contribution in [2.75, 3.05) is 0 Å². The van der Waals surface area contributed by atoms with Gasteiger partial charge in [0.15, 0.2) is 0 Å². The van der Waals surface area contributed by atoms with Crippen molar-refractivity contribution < 1.29 is 4.79 Å². The fourth-order valence-corrected chi connectivity index (χ4v) is 4.22. The Kier molecular flexibility index (Phi) is 3.57. The van der Waals surface area contributed by atoms with Crippen LogP contribution in [0.15, 0.2) is 0 Å². The number of ketones is 1. The van der Waals surface area contributed by atoms with Crippen LogP contribution >= 0.6 is 0 Å². The summed E-state index contributed by atoms with van der Waals surface area (Å²) in [7, 11) is 17.8. The third-order valence-corrected chi connectivity index (χ3v) is 6.80. The number of Topliss-reactive ketones (excluding diaryl/α,β-unsaturated/α-hetero) is 1. The molecule has 0 bridgehead atoms. The lowest BCUT2D eigenvalue weighted by Crippen LogP contribution is -2.39. The summed E-state index contributed by atoms with van der Waals surface area (Å²) in [5, 5.41) is 8.70. The Balaban J connectivity index is 3.45. The lowest BCUT2D eigenvalue weighted by molar-refractivity contribution is -0.122. The van der Waals surface area contributed by atoms with E-state index < -0.39 is 0 Å². The summed E-state index contributed by atoms with van der Waals surface area (Å²) in [5.41, 5.74) is 0. The largest absolute Gasteiger partial charge is 0.298 e. The summed E-state index contributed by atoms with van der Waals surface area (Å²) in [6, 6.07) is 2.03. The Hall–Kier alpha value is -0.321. The van der Waals surface area contributed by atoms with Crippen molar-refractivity contribution in [2.45, 2.75) is 27.3 Å². The lowest BCUT2D eigenvalue weighted by Gasteiger charge is -2.49. The van der Waals surface area contributed by atoms with Crippen LogP contribution in [0.3, 0.4) is 0 Å². The fraction of sp³-hybridized carbons (Fsp3) is 0.750. The summed E-state index contributed by atoms with van der Waals surface area (Å²) < 4.78 is 0. The van der Waals surface area contributed by atoms with Crippen LogP contribution in [-0.4, -0.2) is 68.6 Å². The topological polar surface area (TPSA) is 40.9 Å². The summed E-state index contributed by atoms with van der Waals surface area (Å²) in [5.74, 6) is 0.0424. The van der Waals surface area contributed by atoms with E-state index in [9.17, 15) is 4.79 Å². The van der Waals surface area contributed by atoms with Crippen molar-refractivity contribution in [3.8, 4) is 6.07 Å². The highest BCUT2D eigenvalue weighted by atomic mass is 16.1. The second-order valence-electron chi connectivity index (χ2n) is 7.93. The smallest absolute Gasteiger partial charge is 0.148 e. The molecule has 1 aliphatic carbocycles. The van der Waals surface area contributed by atoms with Crippen molar-refractivity contribution >= 4 is 68.6 Å².